The minimum absolute atomic E-state index is 0.382. The molecule has 0 saturated carbocycles. The van der Waals surface area contributed by atoms with Crippen molar-refractivity contribution in [2.75, 3.05) is 13.2 Å². The summed E-state index contributed by atoms with van der Waals surface area (Å²) in [6, 6.07) is 0. The van der Waals surface area contributed by atoms with Crippen molar-refractivity contribution < 1.29 is 19.0 Å². The van der Waals surface area contributed by atoms with Gasteiger partial charge in [0.15, 0.2) is 0 Å². The van der Waals surface area contributed by atoms with E-state index >= 15 is 0 Å². The molecule has 0 fully saturated rings. The summed E-state index contributed by atoms with van der Waals surface area (Å²) in [6.07, 6.45) is 2.07. The maximum absolute atomic E-state index is 11.3. The molecule has 0 spiro atoms. The molecule has 0 aliphatic heterocycles. The molecule has 0 radical (unpaired) electrons. The van der Waals surface area contributed by atoms with E-state index in [1.165, 1.54) is 0 Å². The second kappa shape index (κ2) is 8.86. The van der Waals surface area contributed by atoms with Crippen molar-refractivity contribution in [3.63, 3.8) is 0 Å². The van der Waals surface area contributed by atoms with Crippen molar-refractivity contribution in [3.8, 4) is 11.8 Å². The molecule has 20 heavy (non-hydrogen) atoms. The molecule has 0 saturated heterocycles. The van der Waals surface area contributed by atoms with E-state index in [2.05, 4.69) is 11.8 Å². The Labute approximate surface area is 123 Å². The molecule has 4 nitrogen and oxygen atoms in total. The highest BCUT2D eigenvalue weighted by atomic mass is 16.7. The molecule has 0 atom stereocenters. The second-order valence-corrected chi connectivity index (χ2v) is 6.11. The van der Waals surface area contributed by atoms with Crippen LogP contribution in [0.15, 0.2) is 0 Å². The molecular formula is C16H28O4. The van der Waals surface area contributed by atoms with Crippen molar-refractivity contribution in [2.45, 2.75) is 72.0 Å². The van der Waals surface area contributed by atoms with Crippen LogP contribution in [0.5, 0.6) is 0 Å². The van der Waals surface area contributed by atoms with Crippen molar-refractivity contribution in [2.24, 2.45) is 0 Å². The second-order valence-electron chi connectivity index (χ2n) is 6.11. The molecular weight excluding hydrogens is 256 g/mol. The Bertz CT molecular complexity index is 342. The molecule has 0 unspecified atom stereocenters. The van der Waals surface area contributed by atoms with E-state index in [4.69, 9.17) is 14.2 Å². The summed E-state index contributed by atoms with van der Waals surface area (Å²) in [5.41, 5.74) is -0.890. The standard InChI is InChI=1S/C16H28O4/c1-7-11-16(5,6)19-13-10-8-9-12-18-14(17)20-15(2,3)4/h8-10,12-13H2,1-6H3. The highest BCUT2D eigenvalue weighted by Crippen LogP contribution is 2.10. The summed E-state index contributed by atoms with van der Waals surface area (Å²) < 4.78 is 15.7. The summed E-state index contributed by atoms with van der Waals surface area (Å²) in [6.45, 7) is 12.2. The third-order valence-electron chi connectivity index (χ3n) is 2.29. The van der Waals surface area contributed by atoms with E-state index < -0.39 is 11.8 Å². The van der Waals surface area contributed by atoms with Crippen LogP contribution in [0.2, 0.25) is 0 Å². The van der Waals surface area contributed by atoms with E-state index in [1.54, 1.807) is 6.92 Å². The van der Waals surface area contributed by atoms with Crippen molar-refractivity contribution in [1.29, 1.82) is 0 Å². The fourth-order valence-electron chi connectivity index (χ4n) is 1.48. The first-order valence-corrected chi connectivity index (χ1v) is 7.10. The lowest BCUT2D eigenvalue weighted by atomic mass is 10.1. The molecule has 0 aromatic heterocycles. The zero-order valence-corrected chi connectivity index (χ0v) is 13.7. The van der Waals surface area contributed by atoms with Gasteiger partial charge in [-0.2, -0.15) is 0 Å². The zero-order valence-electron chi connectivity index (χ0n) is 13.7. The first-order valence-electron chi connectivity index (χ1n) is 7.10. The van der Waals surface area contributed by atoms with Gasteiger partial charge in [0.05, 0.1) is 6.61 Å². The number of hydrogen-bond acceptors (Lipinski definition) is 4. The quantitative estimate of drug-likeness (QED) is 0.404. The maximum atomic E-state index is 11.3. The fraction of sp³-hybridized carbons (Fsp3) is 0.812. The lowest BCUT2D eigenvalue weighted by Crippen LogP contribution is -2.24. The summed E-state index contributed by atoms with van der Waals surface area (Å²) in [5.74, 6) is 5.86. The molecule has 0 aliphatic carbocycles. The number of carbonyl (C=O) groups is 1. The van der Waals surface area contributed by atoms with Gasteiger partial charge >= 0.3 is 6.16 Å². The van der Waals surface area contributed by atoms with Gasteiger partial charge in [0.2, 0.25) is 0 Å². The van der Waals surface area contributed by atoms with E-state index in [9.17, 15) is 4.79 Å². The van der Waals surface area contributed by atoms with E-state index in [0.29, 0.717) is 13.2 Å². The Kier molecular flexibility index (Phi) is 8.33. The molecule has 0 aliphatic rings. The molecule has 0 bridgehead atoms. The number of hydrogen-bond donors (Lipinski definition) is 0. The van der Waals surface area contributed by atoms with Gasteiger partial charge < -0.3 is 14.2 Å². The first-order chi connectivity index (χ1) is 9.16. The van der Waals surface area contributed by atoms with E-state index in [0.717, 1.165) is 19.3 Å². The van der Waals surface area contributed by atoms with Gasteiger partial charge in [0.1, 0.15) is 11.2 Å². The van der Waals surface area contributed by atoms with Crippen LogP contribution in [0.3, 0.4) is 0 Å². The predicted molar refractivity (Wildman–Crippen MR) is 79.5 cm³/mol. The highest BCUT2D eigenvalue weighted by molar-refractivity contribution is 5.60. The fourth-order valence-corrected chi connectivity index (χ4v) is 1.48. The topological polar surface area (TPSA) is 44.8 Å². The van der Waals surface area contributed by atoms with E-state index in [-0.39, 0.29) is 5.60 Å². The van der Waals surface area contributed by atoms with Crippen LogP contribution in [-0.2, 0) is 14.2 Å². The molecule has 0 amide bonds. The smallest absolute Gasteiger partial charge is 0.434 e. The minimum Gasteiger partial charge on any atom is -0.434 e. The van der Waals surface area contributed by atoms with Crippen LogP contribution < -0.4 is 0 Å². The van der Waals surface area contributed by atoms with Crippen LogP contribution in [-0.4, -0.2) is 30.6 Å². The van der Waals surface area contributed by atoms with Crippen molar-refractivity contribution in [3.05, 3.63) is 0 Å². The molecule has 0 heterocycles. The van der Waals surface area contributed by atoms with Crippen LogP contribution in [0.4, 0.5) is 4.79 Å². The molecule has 0 N–H and O–H groups in total. The summed E-state index contributed by atoms with van der Waals surface area (Å²) in [5, 5.41) is 0. The van der Waals surface area contributed by atoms with Gasteiger partial charge in [-0.15, -0.1) is 5.92 Å². The first kappa shape index (κ1) is 18.8. The third-order valence-corrected chi connectivity index (χ3v) is 2.29. The lowest BCUT2D eigenvalue weighted by Gasteiger charge is -2.19. The number of ether oxygens (including phenoxy) is 3. The maximum Gasteiger partial charge on any atom is 0.508 e. The van der Waals surface area contributed by atoms with Crippen LogP contribution >= 0.6 is 0 Å². The molecule has 4 heteroatoms. The molecule has 0 rings (SSSR count). The average Bonchev–Trinajstić information content (AvgIpc) is 2.25. The van der Waals surface area contributed by atoms with Crippen molar-refractivity contribution in [1.82, 2.24) is 0 Å². The predicted octanol–water partition coefficient (Wildman–Crippen LogP) is 3.93. The van der Waals surface area contributed by atoms with Gasteiger partial charge in [0.25, 0.3) is 0 Å². The molecule has 116 valence electrons. The van der Waals surface area contributed by atoms with Crippen LogP contribution in [0, 0.1) is 11.8 Å². The molecule has 0 aromatic carbocycles. The number of unbranched alkanes of at least 4 members (excludes halogenated alkanes) is 2. The average molecular weight is 284 g/mol. The monoisotopic (exact) mass is 284 g/mol. The Balaban J connectivity index is 3.54. The normalized spacial score (nSPS) is 11.5. The van der Waals surface area contributed by atoms with Crippen LogP contribution in [0.1, 0.15) is 60.8 Å². The largest absolute Gasteiger partial charge is 0.508 e. The Hall–Kier alpha value is -1.21. The van der Waals surface area contributed by atoms with Crippen molar-refractivity contribution >= 4 is 6.16 Å². The SMILES string of the molecule is CC#CC(C)(C)OCCCCCOC(=O)OC(C)(C)C. The van der Waals surface area contributed by atoms with Gasteiger partial charge in [-0.3, -0.25) is 0 Å². The van der Waals surface area contributed by atoms with Gasteiger partial charge in [-0.1, -0.05) is 5.92 Å². The lowest BCUT2D eigenvalue weighted by molar-refractivity contribution is -0.00831. The Morgan fingerprint density at radius 2 is 1.60 bits per heavy atom. The minimum atomic E-state index is -0.604. The molecule has 0 aromatic rings. The zero-order chi connectivity index (χ0) is 15.6. The highest BCUT2D eigenvalue weighted by Gasteiger charge is 2.17. The number of carbonyl (C=O) groups excluding carboxylic acids is 1. The summed E-state index contributed by atoms with van der Waals surface area (Å²) >= 11 is 0. The summed E-state index contributed by atoms with van der Waals surface area (Å²) in [4.78, 5) is 11.3. The van der Waals surface area contributed by atoms with E-state index in [1.807, 2.05) is 34.6 Å². The number of rotatable bonds is 7. The Morgan fingerprint density at radius 1 is 1.00 bits per heavy atom. The van der Waals surface area contributed by atoms with Gasteiger partial charge in [-0.05, 0) is 60.8 Å². The van der Waals surface area contributed by atoms with Gasteiger partial charge in [-0.25, -0.2) is 4.79 Å². The Morgan fingerprint density at radius 3 is 2.15 bits per heavy atom. The van der Waals surface area contributed by atoms with Gasteiger partial charge in [0, 0.05) is 6.61 Å². The summed E-state index contributed by atoms with van der Waals surface area (Å²) in [7, 11) is 0. The van der Waals surface area contributed by atoms with Crippen LogP contribution in [0.25, 0.3) is 0 Å². The third kappa shape index (κ3) is 11.9.